The molecule has 20 aromatic rings. The number of rotatable bonds is 12. The number of allylic oxidation sites excluding steroid dienone is 6. The number of benzene rings is 17. The van der Waals surface area contributed by atoms with Gasteiger partial charge in [-0.2, -0.15) is 10.5 Å². The number of nitriles is 2. The molecule has 0 saturated heterocycles. The fraction of sp³-hybridized carbons (Fsp3) is 0.113. The maximum Gasteiger partial charge on any atom is 0.160 e. The lowest BCUT2D eigenvalue weighted by Gasteiger charge is -2.48. The van der Waals surface area contributed by atoms with Crippen molar-refractivity contribution in [1.82, 2.24) is 19.1 Å². The van der Waals surface area contributed by atoms with Gasteiger partial charge in [0.15, 0.2) is 5.82 Å². The lowest BCUT2D eigenvalue weighted by molar-refractivity contribution is 0.223. The first kappa shape index (κ1) is 82.7. The summed E-state index contributed by atoms with van der Waals surface area (Å²) in [5.41, 5.74) is 30.2. The molecule has 0 fully saturated rings. The summed E-state index contributed by atoms with van der Waals surface area (Å²) in [6.07, 6.45) is 9.96. The van der Waals surface area contributed by atoms with Crippen molar-refractivity contribution in [3.8, 4) is 113 Å². The Bertz CT molecular complexity index is 7740. The maximum absolute atomic E-state index is 9.41. The maximum atomic E-state index is 9.41. The number of aromatic nitrogens is 4. The normalized spacial score (nSPS) is 13.8. The van der Waals surface area contributed by atoms with E-state index in [1.807, 2.05) is 24.3 Å². The van der Waals surface area contributed by atoms with Crippen LogP contribution in [-0.2, 0) is 15.6 Å². The lowest BCUT2D eigenvalue weighted by atomic mass is 9.69. The minimum Gasteiger partial charge on any atom is -0.461 e. The van der Waals surface area contributed by atoms with Crippen molar-refractivity contribution in [1.29, 1.82) is 10.5 Å². The molecule has 6 heterocycles. The van der Waals surface area contributed by atoms with E-state index < -0.39 is 0 Å². The SMILES string of the molecule is CC(C)(C)C1=CC(=C(C#N)C#N)C=C(/C=C/c2cc3c4c(c2)C(C)(C)CCN4CCC3(C)C)O1.c1ccc(-c2ccc(-n3c4ccccc4c4cc(-c5ccc6c(c5)c5ccccc5n6-c5ccc(-c6ccccc6)cc5)ccc43)cc2)cc1.c1ccc(-c2cccc(-c3cc(-c4cccc(-c5ccccc5)c4)nc(-c4ccc5c6ccccc6c6ccccc6c5c4)n3)c2)cc1. The van der Waals surface area contributed by atoms with Crippen molar-refractivity contribution in [3.05, 3.63) is 446 Å². The van der Waals surface area contributed by atoms with Gasteiger partial charge in [0.1, 0.15) is 29.2 Å². The van der Waals surface area contributed by atoms with Crippen LogP contribution in [0.15, 0.2) is 429 Å². The molecule has 0 bridgehead atoms. The molecular formula is C124H97N7O. The van der Waals surface area contributed by atoms with E-state index in [9.17, 15) is 10.5 Å². The second-order valence-corrected chi connectivity index (χ2v) is 37.2. The van der Waals surface area contributed by atoms with E-state index in [1.165, 1.54) is 137 Å². The van der Waals surface area contributed by atoms with Crippen LogP contribution in [0.5, 0.6) is 0 Å². The molecule has 17 aromatic carbocycles. The number of anilines is 1. The van der Waals surface area contributed by atoms with Gasteiger partial charge < -0.3 is 18.8 Å². The third-order valence-corrected chi connectivity index (χ3v) is 26.8. The molecular weight excluding hydrogens is 1600 g/mol. The van der Waals surface area contributed by atoms with Gasteiger partial charge in [0.25, 0.3) is 0 Å². The van der Waals surface area contributed by atoms with Crippen molar-refractivity contribution >= 4 is 87.7 Å². The molecule has 0 N–H and O–H groups in total. The number of nitrogens with zero attached hydrogens (tertiary/aromatic N) is 7. The van der Waals surface area contributed by atoms with Crippen LogP contribution in [0.3, 0.4) is 0 Å². The van der Waals surface area contributed by atoms with E-state index in [0.29, 0.717) is 17.2 Å². The summed E-state index contributed by atoms with van der Waals surface area (Å²) in [4.78, 5) is 13.1. The van der Waals surface area contributed by atoms with Gasteiger partial charge in [-0.3, -0.25) is 0 Å². The zero-order chi connectivity index (χ0) is 89.8. The topological polar surface area (TPSA) is 95.7 Å². The van der Waals surface area contributed by atoms with Crippen LogP contribution < -0.4 is 4.90 Å². The Hall–Kier alpha value is -16.3. The van der Waals surface area contributed by atoms with Gasteiger partial charge in [-0.25, -0.2) is 9.97 Å². The van der Waals surface area contributed by atoms with Crippen LogP contribution in [0.1, 0.15) is 78.0 Å². The van der Waals surface area contributed by atoms with Crippen LogP contribution in [0.2, 0.25) is 0 Å². The van der Waals surface area contributed by atoms with Crippen LogP contribution in [0.4, 0.5) is 5.69 Å². The lowest BCUT2D eigenvalue weighted by Crippen LogP contribution is -2.44. The molecule has 23 rings (SSSR count). The highest BCUT2D eigenvalue weighted by atomic mass is 16.5. The highest BCUT2D eigenvalue weighted by Gasteiger charge is 2.40. The minimum absolute atomic E-state index is 0.0951. The Labute approximate surface area is 771 Å². The van der Waals surface area contributed by atoms with E-state index in [1.54, 1.807) is 6.08 Å². The predicted molar refractivity (Wildman–Crippen MR) is 551 cm³/mol. The molecule has 8 heteroatoms. The quantitative estimate of drug-likeness (QED) is 0.0893. The first-order valence-corrected chi connectivity index (χ1v) is 45.7. The second kappa shape index (κ2) is 34.4. The zero-order valence-electron chi connectivity index (χ0n) is 75.1. The third-order valence-electron chi connectivity index (χ3n) is 26.8. The van der Waals surface area contributed by atoms with Gasteiger partial charge in [0.2, 0.25) is 0 Å². The van der Waals surface area contributed by atoms with Crippen LogP contribution in [-0.4, -0.2) is 32.2 Å². The molecule has 0 unspecified atom stereocenters. The Morgan fingerprint density at radius 1 is 0.326 bits per heavy atom. The summed E-state index contributed by atoms with van der Waals surface area (Å²) >= 11 is 0. The summed E-state index contributed by atoms with van der Waals surface area (Å²) in [6, 6.07) is 144. The van der Waals surface area contributed by atoms with Crippen molar-refractivity contribution in [2.24, 2.45) is 5.41 Å². The number of hydrogen-bond donors (Lipinski definition) is 0. The smallest absolute Gasteiger partial charge is 0.160 e. The van der Waals surface area contributed by atoms with Crippen molar-refractivity contribution in [3.63, 3.8) is 0 Å². The van der Waals surface area contributed by atoms with Crippen LogP contribution >= 0.6 is 0 Å². The zero-order valence-corrected chi connectivity index (χ0v) is 75.1. The largest absolute Gasteiger partial charge is 0.461 e. The highest BCUT2D eigenvalue weighted by Crippen LogP contribution is 2.51. The number of ether oxygens (including phenoxy) is 1. The first-order chi connectivity index (χ1) is 64.4. The summed E-state index contributed by atoms with van der Waals surface area (Å²) in [6.45, 7) is 17.8. The Morgan fingerprint density at radius 2 is 0.674 bits per heavy atom. The highest BCUT2D eigenvalue weighted by molar-refractivity contribution is 6.26. The molecule has 3 aromatic heterocycles. The Balaban J connectivity index is 0.000000122. The van der Waals surface area contributed by atoms with E-state index in [2.05, 4.69) is 457 Å². The van der Waals surface area contributed by atoms with Crippen LogP contribution in [0, 0.1) is 28.1 Å². The van der Waals surface area contributed by atoms with E-state index >= 15 is 0 Å². The Kier molecular flexibility index (Phi) is 21.5. The fourth-order valence-electron chi connectivity index (χ4n) is 19.6. The van der Waals surface area contributed by atoms with E-state index in [0.717, 1.165) is 87.8 Å². The van der Waals surface area contributed by atoms with Gasteiger partial charge in [0.05, 0.1) is 33.5 Å². The van der Waals surface area contributed by atoms with Crippen molar-refractivity contribution in [2.45, 2.75) is 72.1 Å². The molecule has 0 aliphatic carbocycles. The fourth-order valence-corrected chi connectivity index (χ4v) is 19.6. The molecule has 0 saturated carbocycles. The summed E-state index contributed by atoms with van der Waals surface area (Å²) in [5, 5.41) is 31.3. The van der Waals surface area contributed by atoms with Gasteiger partial charge in [-0.1, -0.05) is 346 Å². The Morgan fingerprint density at radius 3 is 1.11 bits per heavy atom. The summed E-state index contributed by atoms with van der Waals surface area (Å²) in [5.74, 6) is 2.08. The molecule has 3 aliphatic rings. The molecule has 132 heavy (non-hydrogen) atoms. The van der Waals surface area contributed by atoms with Crippen LogP contribution in [0.25, 0.3) is 183 Å². The summed E-state index contributed by atoms with van der Waals surface area (Å²) < 4.78 is 11.0. The summed E-state index contributed by atoms with van der Waals surface area (Å²) in [7, 11) is 0. The molecule has 0 atom stereocenters. The second-order valence-electron chi connectivity index (χ2n) is 37.2. The molecule has 3 aliphatic heterocycles. The monoisotopic (exact) mass is 1700 g/mol. The molecule has 634 valence electrons. The molecule has 0 amide bonds. The van der Waals surface area contributed by atoms with Gasteiger partial charge in [-0.15, -0.1) is 0 Å². The van der Waals surface area contributed by atoms with Gasteiger partial charge in [0, 0.05) is 79.4 Å². The molecule has 0 radical (unpaired) electrons. The van der Waals surface area contributed by atoms with Crippen molar-refractivity contribution in [2.75, 3.05) is 18.0 Å². The predicted octanol–water partition coefficient (Wildman–Crippen LogP) is 32.2. The number of fused-ring (bicyclic) bond motifs is 12. The van der Waals surface area contributed by atoms with Gasteiger partial charge in [-0.05, 0) is 244 Å². The average Bonchev–Trinajstić information content (AvgIpc) is 1.14. The molecule has 8 nitrogen and oxygen atoms in total. The van der Waals surface area contributed by atoms with Crippen molar-refractivity contribution < 1.29 is 4.74 Å². The van der Waals surface area contributed by atoms with Gasteiger partial charge >= 0.3 is 0 Å². The average molecular weight is 1700 g/mol. The van der Waals surface area contributed by atoms with E-state index in [4.69, 9.17) is 14.7 Å². The van der Waals surface area contributed by atoms with E-state index in [-0.39, 0.29) is 21.8 Å². The number of para-hydroxylation sites is 2. The standard InChI is InChI=1S/C48H32N2.C46H30N2.C30H35N3O/c1-3-11-33(12-4-1)35-19-25-39(26-20-35)49-45-17-9-7-15-41(45)43-31-37(23-29-47(43)49)38-24-30-48-44(32-38)42-16-8-10-18-46(42)50(48)40-27-21-36(22-28-40)34-13-5-2-6-14-34;1-3-13-31(14-4-1)33-17-11-19-35(27-33)44-30-45(36-20-12-18-34(28-36)32-15-5-2-6-16-32)48-46(47-44)37-25-26-42-40-23-8-7-21-38(40)39-22-9-10-24-41(39)43(42)29-37;1-28(2,3)26-17-21(22(18-31)19-32)16-23(34-26)9-8-20-14-24-27-25(15-20)30(6,7)11-13-33(27)12-10-29(24,4)5/h1-32H;1-30H;8-9,14-17H,10-13H2,1-7H3/b;;9-8+. The minimum atomic E-state index is -0.248. The molecule has 0 spiro atoms. The number of hydrogen-bond acceptors (Lipinski definition) is 6. The third kappa shape index (κ3) is 15.9. The first-order valence-electron chi connectivity index (χ1n) is 45.7.